The molecule has 0 saturated heterocycles. The smallest absolute Gasteiger partial charge is 0.251 e. The van der Waals surface area contributed by atoms with E-state index in [4.69, 9.17) is 0 Å². The molecule has 1 atom stereocenters. The summed E-state index contributed by atoms with van der Waals surface area (Å²) in [5, 5.41) is 9.59. The number of carbonyl (C=O) groups is 2. The Hall–Kier alpha value is -4.97. The maximum absolute atomic E-state index is 12.9. The van der Waals surface area contributed by atoms with Gasteiger partial charge in [0.25, 0.3) is 5.91 Å². The molecular weight excluding hydrogens is 484 g/mol. The Morgan fingerprint density at radius 1 is 0.821 bits per heavy atom. The highest BCUT2D eigenvalue weighted by atomic mass is 16.2. The summed E-state index contributed by atoms with van der Waals surface area (Å²) in [4.78, 5) is 25.7. The molecule has 2 amide bonds. The van der Waals surface area contributed by atoms with Crippen molar-refractivity contribution in [1.29, 1.82) is 0 Å². The van der Waals surface area contributed by atoms with Crippen molar-refractivity contribution >= 4 is 28.8 Å². The number of rotatable bonds is 8. The molecule has 0 fully saturated rings. The standard InChI is InChI=1S/C33H30N4O2/c1-23-19-29(24(2)37(23)30-18-17-25-11-9-10-16-28(25)20-30)22-34-36-32(38)21-31(26-12-5-3-6-13-26)35-33(39)27-14-7-4-8-15-27/h3-20,22,31H,21H2,1-2H3,(H,35,39)(H,36,38)/b34-22-/t31-/m0/s1. The molecule has 6 nitrogen and oxygen atoms in total. The Morgan fingerprint density at radius 3 is 2.23 bits per heavy atom. The van der Waals surface area contributed by atoms with Gasteiger partial charge in [0.05, 0.1) is 18.7 Å². The normalized spacial score (nSPS) is 11.9. The fraction of sp³-hybridized carbons (Fsp3) is 0.121. The van der Waals surface area contributed by atoms with Gasteiger partial charge in [-0.1, -0.05) is 78.9 Å². The summed E-state index contributed by atoms with van der Waals surface area (Å²) in [6, 6.07) is 34.7. The van der Waals surface area contributed by atoms with Crippen LogP contribution in [0.1, 0.15) is 45.3 Å². The van der Waals surface area contributed by atoms with Crippen LogP contribution >= 0.6 is 0 Å². The molecule has 2 N–H and O–H groups in total. The zero-order valence-corrected chi connectivity index (χ0v) is 22.0. The average Bonchev–Trinajstić information content (AvgIpc) is 3.25. The van der Waals surface area contributed by atoms with Gasteiger partial charge in [0, 0.05) is 28.2 Å². The van der Waals surface area contributed by atoms with Gasteiger partial charge in [0.2, 0.25) is 5.91 Å². The molecular formula is C33H30N4O2. The van der Waals surface area contributed by atoms with Crippen molar-refractivity contribution in [1.82, 2.24) is 15.3 Å². The Morgan fingerprint density at radius 2 is 1.49 bits per heavy atom. The molecule has 0 aliphatic carbocycles. The molecule has 194 valence electrons. The van der Waals surface area contributed by atoms with Crippen molar-refractivity contribution in [3.05, 3.63) is 137 Å². The molecule has 1 aromatic heterocycles. The number of fused-ring (bicyclic) bond motifs is 1. The molecule has 39 heavy (non-hydrogen) atoms. The maximum Gasteiger partial charge on any atom is 0.251 e. The van der Waals surface area contributed by atoms with Crippen LogP contribution in [0.25, 0.3) is 16.5 Å². The van der Waals surface area contributed by atoms with Crippen LogP contribution in [0.5, 0.6) is 0 Å². The Kier molecular flexibility index (Phi) is 7.64. The summed E-state index contributed by atoms with van der Waals surface area (Å²) >= 11 is 0. The van der Waals surface area contributed by atoms with Gasteiger partial charge in [0.1, 0.15) is 0 Å². The Bertz CT molecular complexity index is 1640. The minimum absolute atomic E-state index is 0.0516. The van der Waals surface area contributed by atoms with E-state index in [-0.39, 0.29) is 18.2 Å². The predicted molar refractivity (Wildman–Crippen MR) is 156 cm³/mol. The fourth-order valence-electron chi connectivity index (χ4n) is 4.80. The molecule has 0 radical (unpaired) electrons. The topological polar surface area (TPSA) is 75.5 Å². The van der Waals surface area contributed by atoms with Crippen molar-refractivity contribution in [2.24, 2.45) is 5.10 Å². The van der Waals surface area contributed by atoms with E-state index < -0.39 is 6.04 Å². The highest BCUT2D eigenvalue weighted by Gasteiger charge is 2.19. The number of nitrogens with one attached hydrogen (secondary N) is 2. The van der Waals surface area contributed by atoms with Crippen LogP contribution in [0, 0.1) is 13.8 Å². The third kappa shape index (κ3) is 5.96. The van der Waals surface area contributed by atoms with E-state index in [0.29, 0.717) is 5.56 Å². The van der Waals surface area contributed by atoms with Gasteiger partial charge in [-0.3, -0.25) is 9.59 Å². The highest BCUT2D eigenvalue weighted by Crippen LogP contribution is 2.24. The monoisotopic (exact) mass is 514 g/mol. The van der Waals surface area contributed by atoms with Gasteiger partial charge < -0.3 is 9.88 Å². The van der Waals surface area contributed by atoms with E-state index >= 15 is 0 Å². The molecule has 4 aromatic carbocycles. The number of hydrazone groups is 1. The van der Waals surface area contributed by atoms with Crippen LogP contribution in [-0.4, -0.2) is 22.6 Å². The molecule has 0 aliphatic heterocycles. The number of hydrogen-bond acceptors (Lipinski definition) is 3. The minimum Gasteiger partial charge on any atom is -0.345 e. The Balaban J connectivity index is 1.28. The number of hydrogen-bond donors (Lipinski definition) is 2. The summed E-state index contributed by atoms with van der Waals surface area (Å²) in [5.41, 5.74) is 8.11. The van der Waals surface area contributed by atoms with Crippen molar-refractivity contribution in [2.75, 3.05) is 0 Å². The van der Waals surface area contributed by atoms with Crippen LogP contribution in [0.4, 0.5) is 0 Å². The third-order valence-electron chi connectivity index (χ3n) is 6.79. The number of carbonyl (C=O) groups excluding carboxylic acids is 2. The number of benzene rings is 4. The predicted octanol–water partition coefficient (Wildman–Crippen LogP) is 6.26. The first kappa shape index (κ1) is 25.7. The second kappa shape index (κ2) is 11.6. The molecule has 0 saturated carbocycles. The number of aromatic nitrogens is 1. The van der Waals surface area contributed by atoms with E-state index in [1.165, 1.54) is 10.8 Å². The van der Waals surface area contributed by atoms with Crippen LogP contribution in [0.15, 0.2) is 114 Å². The van der Waals surface area contributed by atoms with Gasteiger partial charge >= 0.3 is 0 Å². The quantitative estimate of drug-likeness (QED) is 0.189. The summed E-state index contributed by atoms with van der Waals surface area (Å²) in [6.45, 7) is 4.09. The van der Waals surface area contributed by atoms with Crippen LogP contribution in [0.3, 0.4) is 0 Å². The molecule has 0 unspecified atom stereocenters. The lowest BCUT2D eigenvalue weighted by Crippen LogP contribution is -2.32. The van der Waals surface area contributed by atoms with E-state index in [9.17, 15) is 9.59 Å². The molecule has 5 rings (SSSR count). The first-order valence-corrected chi connectivity index (χ1v) is 12.9. The second-order valence-electron chi connectivity index (χ2n) is 9.49. The van der Waals surface area contributed by atoms with Crippen molar-refractivity contribution in [3.8, 4) is 5.69 Å². The molecule has 5 aromatic rings. The average molecular weight is 515 g/mol. The second-order valence-corrected chi connectivity index (χ2v) is 9.49. The molecule has 0 spiro atoms. The van der Waals surface area contributed by atoms with Gasteiger partial charge in [-0.25, -0.2) is 5.43 Å². The summed E-state index contributed by atoms with van der Waals surface area (Å²) in [6.07, 6.45) is 1.72. The lowest BCUT2D eigenvalue weighted by atomic mass is 10.0. The zero-order valence-electron chi connectivity index (χ0n) is 22.0. The van der Waals surface area contributed by atoms with Crippen molar-refractivity contribution < 1.29 is 9.59 Å². The first-order chi connectivity index (χ1) is 19.0. The minimum atomic E-state index is -0.493. The van der Waals surface area contributed by atoms with Crippen LogP contribution < -0.4 is 10.7 Å². The lowest BCUT2D eigenvalue weighted by Gasteiger charge is -2.18. The van der Waals surface area contributed by atoms with E-state index in [0.717, 1.165) is 28.2 Å². The third-order valence-corrected chi connectivity index (χ3v) is 6.79. The molecule has 1 heterocycles. The highest BCUT2D eigenvalue weighted by molar-refractivity contribution is 5.95. The van der Waals surface area contributed by atoms with E-state index in [1.807, 2.05) is 73.7 Å². The number of aryl methyl sites for hydroxylation is 1. The summed E-state index contributed by atoms with van der Waals surface area (Å²) < 4.78 is 2.18. The fourth-order valence-corrected chi connectivity index (χ4v) is 4.80. The Labute approximate surface area is 228 Å². The molecule has 0 aliphatic rings. The molecule has 6 heteroatoms. The number of nitrogens with zero attached hydrogens (tertiary/aromatic N) is 2. The SMILES string of the molecule is Cc1cc(/C=N\NC(=O)C[C@H](NC(=O)c2ccccc2)c2ccccc2)c(C)n1-c1ccc2ccccc2c1. The van der Waals surface area contributed by atoms with Crippen LogP contribution in [-0.2, 0) is 4.79 Å². The number of amides is 2. The van der Waals surface area contributed by atoms with Gasteiger partial charge in [-0.2, -0.15) is 5.10 Å². The van der Waals surface area contributed by atoms with Crippen molar-refractivity contribution in [2.45, 2.75) is 26.3 Å². The van der Waals surface area contributed by atoms with E-state index in [2.05, 4.69) is 57.7 Å². The first-order valence-electron chi connectivity index (χ1n) is 12.9. The van der Waals surface area contributed by atoms with Crippen LogP contribution in [0.2, 0.25) is 0 Å². The zero-order chi connectivity index (χ0) is 27.2. The molecule has 0 bridgehead atoms. The van der Waals surface area contributed by atoms with Gasteiger partial charge in [-0.05, 0) is 60.5 Å². The van der Waals surface area contributed by atoms with Gasteiger partial charge in [0.15, 0.2) is 0 Å². The van der Waals surface area contributed by atoms with Crippen molar-refractivity contribution in [3.63, 3.8) is 0 Å². The summed E-state index contributed by atoms with van der Waals surface area (Å²) in [5.74, 6) is -0.529. The summed E-state index contributed by atoms with van der Waals surface area (Å²) in [7, 11) is 0. The lowest BCUT2D eigenvalue weighted by molar-refractivity contribution is -0.121. The van der Waals surface area contributed by atoms with E-state index in [1.54, 1.807) is 18.3 Å². The largest absolute Gasteiger partial charge is 0.345 e. The van der Waals surface area contributed by atoms with Gasteiger partial charge in [-0.15, -0.1) is 0 Å². The maximum atomic E-state index is 12.9.